The number of fused-ring (bicyclic) bond motifs is 1. The van der Waals surface area contributed by atoms with Crippen LogP contribution in [0, 0.1) is 6.92 Å². The molecule has 0 fully saturated rings. The first kappa shape index (κ1) is 32.9. The molecule has 12 heteroatoms. The van der Waals surface area contributed by atoms with Crippen molar-refractivity contribution in [3.05, 3.63) is 40.2 Å². The second kappa shape index (κ2) is 17.4. The molecule has 0 spiro atoms. The van der Waals surface area contributed by atoms with Crippen molar-refractivity contribution in [2.75, 3.05) is 25.0 Å². The molecule has 3 amide bonds. The Bertz CT molecular complexity index is 1170. The van der Waals surface area contributed by atoms with Crippen molar-refractivity contribution in [3.63, 3.8) is 0 Å². The van der Waals surface area contributed by atoms with Crippen LogP contribution in [0.1, 0.15) is 63.4 Å². The quantitative estimate of drug-likeness (QED) is 0.101. The molecule has 2 aromatic rings. The molecule has 0 aliphatic heterocycles. The molecule has 0 saturated carbocycles. The second-order valence-electron chi connectivity index (χ2n) is 10.0. The summed E-state index contributed by atoms with van der Waals surface area (Å²) >= 11 is 0. The summed E-state index contributed by atoms with van der Waals surface area (Å²) in [5.74, 6) is -1.35. The van der Waals surface area contributed by atoms with E-state index in [-0.39, 0.29) is 0 Å². The number of unbranched alkanes of at least 4 members (excludes halogenated alkanes) is 3. The molecule has 222 valence electrons. The lowest BCUT2D eigenvalue weighted by molar-refractivity contribution is -0.131. The number of carbonyl (C=O) groups is 3. The number of hydrogen-bond donors (Lipinski definition) is 7. The summed E-state index contributed by atoms with van der Waals surface area (Å²) in [6.45, 7) is 3.22. The number of rotatable bonds is 18. The number of aryl methyl sites for hydroxylation is 1. The van der Waals surface area contributed by atoms with E-state index < -0.39 is 41.5 Å². The van der Waals surface area contributed by atoms with Gasteiger partial charge in [0.25, 0.3) is 0 Å². The van der Waals surface area contributed by atoms with E-state index >= 15 is 0 Å². The van der Waals surface area contributed by atoms with Crippen molar-refractivity contribution >= 4 is 34.4 Å². The largest absolute Gasteiger partial charge is 0.423 e. The van der Waals surface area contributed by atoms with E-state index in [0.29, 0.717) is 82.3 Å². The molecule has 0 unspecified atom stereocenters. The Morgan fingerprint density at radius 1 is 0.775 bits per heavy atom. The summed E-state index contributed by atoms with van der Waals surface area (Å²) in [4.78, 5) is 51.1. The van der Waals surface area contributed by atoms with E-state index in [4.69, 9.17) is 27.4 Å². The normalized spacial score (nSPS) is 13.4. The van der Waals surface area contributed by atoms with E-state index in [1.54, 1.807) is 25.1 Å². The number of amides is 3. The standard InChI is InChI=1S/C28H45N7O5/c1-18-16-25(36)40-24-17-19(11-12-20(18)24)33-27(38)22(9-3-6-14-30)35-28(39)23(10-4-7-15-31)34-26(37)21(32)8-2-5-13-29/h11-12,16-17,21-23H,2-10,13-15,29-32H2,1H3,(H,33,38)(H,34,37)(H,35,39)/t21-,22-,23-/m0/s1. The van der Waals surface area contributed by atoms with Gasteiger partial charge in [0.1, 0.15) is 17.7 Å². The third-order valence-corrected chi connectivity index (χ3v) is 6.68. The maximum Gasteiger partial charge on any atom is 0.336 e. The predicted octanol–water partition coefficient (Wildman–Crippen LogP) is 0.724. The minimum Gasteiger partial charge on any atom is -0.423 e. The summed E-state index contributed by atoms with van der Waals surface area (Å²) in [6.07, 6.45) is 5.19. The highest BCUT2D eigenvalue weighted by atomic mass is 16.4. The summed E-state index contributed by atoms with van der Waals surface area (Å²) in [5, 5.41) is 9.11. The van der Waals surface area contributed by atoms with Crippen molar-refractivity contribution in [1.82, 2.24) is 10.6 Å². The number of nitrogens with one attached hydrogen (secondary N) is 3. The van der Waals surface area contributed by atoms with Crippen LogP contribution < -0.4 is 44.5 Å². The average Bonchev–Trinajstić information content (AvgIpc) is 2.91. The van der Waals surface area contributed by atoms with Gasteiger partial charge < -0.3 is 43.3 Å². The molecule has 1 aromatic heterocycles. The first-order valence-corrected chi connectivity index (χ1v) is 14.0. The molecule has 1 heterocycles. The maximum atomic E-state index is 13.3. The highest BCUT2D eigenvalue weighted by molar-refractivity contribution is 5.99. The van der Waals surface area contributed by atoms with Gasteiger partial charge in [0, 0.05) is 23.2 Å². The summed E-state index contributed by atoms with van der Waals surface area (Å²) in [5.41, 5.74) is 23.8. The molecule has 0 saturated heterocycles. The zero-order valence-corrected chi connectivity index (χ0v) is 23.4. The Kier molecular flexibility index (Phi) is 14.3. The first-order valence-electron chi connectivity index (χ1n) is 14.0. The van der Waals surface area contributed by atoms with Crippen LogP contribution in [0.5, 0.6) is 0 Å². The van der Waals surface area contributed by atoms with Crippen LogP contribution in [0.3, 0.4) is 0 Å². The Morgan fingerprint density at radius 2 is 1.32 bits per heavy atom. The zero-order valence-electron chi connectivity index (χ0n) is 23.4. The minimum atomic E-state index is -0.883. The fraction of sp³-hybridized carbons (Fsp3) is 0.571. The Morgan fingerprint density at radius 3 is 1.93 bits per heavy atom. The van der Waals surface area contributed by atoms with Crippen molar-refractivity contribution in [1.29, 1.82) is 0 Å². The van der Waals surface area contributed by atoms with Gasteiger partial charge in [0.2, 0.25) is 17.7 Å². The molecular weight excluding hydrogens is 514 g/mol. The van der Waals surface area contributed by atoms with Crippen molar-refractivity contribution < 1.29 is 18.8 Å². The highest BCUT2D eigenvalue weighted by Crippen LogP contribution is 2.21. The van der Waals surface area contributed by atoms with Crippen molar-refractivity contribution in [2.45, 2.75) is 82.8 Å². The van der Waals surface area contributed by atoms with E-state index in [1.165, 1.54) is 6.07 Å². The van der Waals surface area contributed by atoms with E-state index in [2.05, 4.69) is 16.0 Å². The monoisotopic (exact) mass is 559 g/mol. The van der Waals surface area contributed by atoms with Crippen LogP contribution in [0.25, 0.3) is 11.0 Å². The van der Waals surface area contributed by atoms with Crippen LogP contribution in [0.2, 0.25) is 0 Å². The van der Waals surface area contributed by atoms with Gasteiger partial charge in [0.05, 0.1) is 6.04 Å². The topological polar surface area (TPSA) is 222 Å². The third kappa shape index (κ3) is 10.7. The number of anilines is 1. The second-order valence-corrected chi connectivity index (χ2v) is 10.0. The van der Waals surface area contributed by atoms with Crippen molar-refractivity contribution in [3.8, 4) is 0 Å². The Balaban J connectivity index is 2.17. The van der Waals surface area contributed by atoms with E-state index in [1.807, 2.05) is 0 Å². The van der Waals surface area contributed by atoms with Gasteiger partial charge >= 0.3 is 5.63 Å². The van der Waals surface area contributed by atoms with Crippen LogP contribution in [0.4, 0.5) is 5.69 Å². The molecule has 11 N–H and O–H groups in total. The van der Waals surface area contributed by atoms with Gasteiger partial charge in [-0.2, -0.15) is 0 Å². The van der Waals surface area contributed by atoms with Gasteiger partial charge in [-0.3, -0.25) is 14.4 Å². The molecule has 0 bridgehead atoms. The molecule has 0 radical (unpaired) electrons. The Hall–Kier alpha value is -3.32. The third-order valence-electron chi connectivity index (χ3n) is 6.68. The van der Waals surface area contributed by atoms with Crippen LogP contribution >= 0.6 is 0 Å². The number of hydrogen-bond acceptors (Lipinski definition) is 9. The Labute approximate surface area is 235 Å². The van der Waals surface area contributed by atoms with Gasteiger partial charge in [-0.15, -0.1) is 0 Å². The maximum absolute atomic E-state index is 13.3. The summed E-state index contributed by atoms with van der Waals surface area (Å²) in [6, 6.07) is 3.91. The summed E-state index contributed by atoms with van der Waals surface area (Å²) in [7, 11) is 0. The van der Waals surface area contributed by atoms with Crippen molar-refractivity contribution in [2.24, 2.45) is 22.9 Å². The van der Waals surface area contributed by atoms with Gasteiger partial charge in [-0.1, -0.05) is 6.42 Å². The molecule has 2 rings (SSSR count). The minimum absolute atomic E-state index is 0.344. The SMILES string of the molecule is Cc1cc(=O)oc2cc(NC(=O)[C@H](CCCCN)NC(=O)[C@H](CCCCN)NC(=O)[C@@H](N)CCCCN)ccc12. The molecule has 40 heavy (non-hydrogen) atoms. The predicted molar refractivity (Wildman–Crippen MR) is 156 cm³/mol. The van der Waals surface area contributed by atoms with E-state index in [0.717, 1.165) is 17.4 Å². The highest BCUT2D eigenvalue weighted by Gasteiger charge is 2.28. The molecule has 0 aliphatic carbocycles. The van der Waals surface area contributed by atoms with Crippen LogP contribution in [-0.4, -0.2) is 55.5 Å². The molecular formula is C28H45N7O5. The molecule has 1 aromatic carbocycles. The molecule has 12 nitrogen and oxygen atoms in total. The lowest BCUT2D eigenvalue weighted by Gasteiger charge is -2.24. The number of nitrogens with two attached hydrogens (primary N) is 4. The molecule has 0 aliphatic rings. The lowest BCUT2D eigenvalue weighted by atomic mass is 10.0. The van der Waals surface area contributed by atoms with Crippen LogP contribution in [0.15, 0.2) is 33.5 Å². The van der Waals surface area contributed by atoms with Gasteiger partial charge in [-0.25, -0.2) is 4.79 Å². The van der Waals surface area contributed by atoms with E-state index in [9.17, 15) is 19.2 Å². The fourth-order valence-corrected chi connectivity index (χ4v) is 4.35. The number of benzene rings is 1. The fourth-order valence-electron chi connectivity index (χ4n) is 4.35. The smallest absolute Gasteiger partial charge is 0.336 e. The zero-order chi connectivity index (χ0) is 29.5. The van der Waals surface area contributed by atoms with Gasteiger partial charge in [-0.05, 0) is 95.6 Å². The van der Waals surface area contributed by atoms with Crippen LogP contribution in [-0.2, 0) is 14.4 Å². The van der Waals surface area contributed by atoms with Gasteiger partial charge in [0.15, 0.2) is 0 Å². The molecule has 3 atom stereocenters. The average molecular weight is 560 g/mol. The lowest BCUT2D eigenvalue weighted by Crippen LogP contribution is -2.55. The first-order chi connectivity index (χ1) is 19.2. The number of carbonyl (C=O) groups excluding carboxylic acids is 3. The summed E-state index contributed by atoms with van der Waals surface area (Å²) < 4.78 is 5.28.